The quantitative estimate of drug-likeness (QED) is 0.586. The summed E-state index contributed by atoms with van der Waals surface area (Å²) < 4.78 is 0. The molecule has 57 valence electrons. The third-order valence-electron chi connectivity index (χ3n) is 1.22. The Morgan fingerprint density at radius 2 is 1.40 bits per heavy atom. The molecule has 0 rings (SSSR count). The Bertz CT molecular complexity index is 118. The van der Waals surface area contributed by atoms with Crippen molar-refractivity contribution in [2.45, 2.75) is 20.8 Å². The van der Waals surface area contributed by atoms with Gasteiger partial charge < -0.3 is 0 Å². The second-order valence-electron chi connectivity index (χ2n) is 1.94. The fraction of sp³-hybridized carbons (Fsp3) is 0.571. The fourth-order valence-corrected chi connectivity index (χ4v) is 0.286. The third kappa shape index (κ3) is 5.92. The average molecular weight is 179 g/mol. The first kappa shape index (κ1) is 12.5. The molecule has 2 nitrogen and oxygen atoms in total. The van der Waals surface area contributed by atoms with Gasteiger partial charge in [-0.15, -0.1) is 0 Å². The second-order valence-corrected chi connectivity index (χ2v) is 1.94. The van der Waals surface area contributed by atoms with Crippen LogP contribution in [0, 0.1) is 5.92 Å². The molecule has 0 aliphatic carbocycles. The summed E-state index contributed by atoms with van der Waals surface area (Å²) in [6.07, 6.45) is 0. The molecule has 0 saturated carbocycles. The van der Waals surface area contributed by atoms with Crippen LogP contribution in [-0.4, -0.2) is 16.8 Å². The first-order chi connectivity index (χ1) is 4.55. The minimum atomic E-state index is -0.407. The van der Waals surface area contributed by atoms with Crippen molar-refractivity contribution in [3.8, 4) is 0 Å². The molecule has 0 unspecified atom stereocenters. The Morgan fingerprint density at radius 1 is 1.20 bits per heavy atom. The molecule has 10 heavy (non-hydrogen) atoms. The zero-order chi connectivity index (χ0) is 8.73. The molecule has 0 bridgehead atoms. The van der Waals surface area contributed by atoms with Crippen LogP contribution < -0.4 is 0 Å². The number of carbonyl (C=O) groups excluding carboxylic acids is 2. The number of rotatable bonds is 2. The van der Waals surface area contributed by atoms with Crippen molar-refractivity contribution in [1.82, 2.24) is 0 Å². The van der Waals surface area contributed by atoms with Gasteiger partial charge in [-0.2, -0.15) is 0 Å². The Morgan fingerprint density at radius 3 is 1.40 bits per heavy atom. The molecule has 0 aromatic rings. The van der Waals surface area contributed by atoms with E-state index in [1.165, 1.54) is 13.8 Å². The summed E-state index contributed by atoms with van der Waals surface area (Å²) in [5.74, 6) is -0.523. The maximum atomic E-state index is 10.4. The molecular weight excluding hydrogens is 167 g/mol. The molecule has 0 N–H and O–H groups in total. The summed E-state index contributed by atoms with van der Waals surface area (Å²) in [7, 11) is 0. The number of hydrogen-bond donors (Lipinski definition) is 0. The van der Waals surface area contributed by atoms with E-state index in [9.17, 15) is 9.59 Å². The van der Waals surface area contributed by atoms with Gasteiger partial charge in [-0.3, -0.25) is 9.59 Å². The monoisotopic (exact) mass is 179 g/mol. The van der Waals surface area contributed by atoms with E-state index in [0.29, 0.717) is 0 Å². The molecular formula is C7H12O2V. The van der Waals surface area contributed by atoms with Crippen LogP contribution in [0.2, 0.25) is 0 Å². The van der Waals surface area contributed by atoms with Gasteiger partial charge >= 0.3 is 22.2 Å². The minimum absolute atomic E-state index is 0.0579. The summed E-state index contributed by atoms with van der Waals surface area (Å²) in [6.45, 7) is 4.46. The average Bonchev–Trinajstić information content (AvgIpc) is 1.90. The van der Waals surface area contributed by atoms with Gasteiger partial charge in [-0.1, -0.05) is 0 Å². The summed E-state index contributed by atoms with van der Waals surface area (Å²) in [5.41, 5.74) is 0. The van der Waals surface area contributed by atoms with E-state index < -0.39 is 5.92 Å². The number of hydrogen-bond acceptors (Lipinski definition) is 2. The van der Waals surface area contributed by atoms with Crippen LogP contribution in [0.3, 0.4) is 0 Å². The maximum absolute atomic E-state index is 10.4. The van der Waals surface area contributed by atoms with Crippen LogP contribution in [0.5, 0.6) is 0 Å². The Labute approximate surface area is 70.5 Å². The number of carbonyl (C=O) groups is 2. The van der Waals surface area contributed by atoms with Crippen molar-refractivity contribution in [1.29, 1.82) is 0 Å². The summed E-state index contributed by atoms with van der Waals surface area (Å²) in [6, 6.07) is 0. The molecule has 0 atom stereocenters. The number of ketones is 2. The molecule has 0 heterocycles. The van der Waals surface area contributed by atoms with Crippen LogP contribution in [0.4, 0.5) is 0 Å². The van der Waals surface area contributed by atoms with E-state index in [4.69, 9.17) is 0 Å². The summed E-state index contributed by atoms with van der Waals surface area (Å²) in [5, 5.41) is 3.19. The van der Waals surface area contributed by atoms with Crippen LogP contribution in [-0.2, 0) is 26.6 Å². The SMILES string of the molecule is CC(=O)C(C)C(C)=O.[CH2]=[V]. The van der Waals surface area contributed by atoms with E-state index in [2.05, 4.69) is 22.2 Å². The van der Waals surface area contributed by atoms with E-state index >= 15 is 0 Å². The van der Waals surface area contributed by atoms with Crippen LogP contribution >= 0.6 is 0 Å². The van der Waals surface area contributed by atoms with Crippen LogP contribution in [0.1, 0.15) is 20.8 Å². The second kappa shape index (κ2) is 6.91. The molecule has 0 radical (unpaired) electrons. The van der Waals surface area contributed by atoms with Crippen molar-refractivity contribution in [2.24, 2.45) is 5.92 Å². The first-order valence-corrected chi connectivity index (χ1v) is 3.87. The van der Waals surface area contributed by atoms with Gasteiger partial charge in [0.15, 0.2) is 0 Å². The molecule has 0 aromatic carbocycles. The molecule has 0 aliphatic heterocycles. The van der Waals surface area contributed by atoms with Gasteiger partial charge in [0.05, 0.1) is 5.92 Å². The normalized spacial score (nSPS) is 7.90. The molecule has 0 aromatic heterocycles. The zero-order valence-electron chi connectivity index (χ0n) is 6.55. The van der Waals surface area contributed by atoms with Crippen molar-refractivity contribution in [3.63, 3.8) is 0 Å². The molecule has 3 heteroatoms. The fourth-order valence-electron chi connectivity index (χ4n) is 0.286. The molecule has 0 amide bonds. The Kier molecular flexibility index (Phi) is 8.61. The Hall–Kier alpha value is -0.206. The Balaban J connectivity index is 0. The van der Waals surface area contributed by atoms with Crippen molar-refractivity contribution in [2.75, 3.05) is 0 Å². The van der Waals surface area contributed by atoms with Gasteiger partial charge in [0.2, 0.25) is 0 Å². The predicted molar refractivity (Wildman–Crippen MR) is 37.6 cm³/mol. The van der Waals surface area contributed by atoms with Gasteiger partial charge in [0.25, 0.3) is 0 Å². The third-order valence-corrected chi connectivity index (χ3v) is 1.22. The summed E-state index contributed by atoms with van der Waals surface area (Å²) in [4.78, 5) is 20.7. The molecule has 0 saturated heterocycles. The standard InChI is InChI=1S/C6H10O2.CH2.V/c1-4(5(2)7)6(3)8;;/h4H,1-3H3;1H2;. The van der Waals surface area contributed by atoms with Crippen molar-refractivity contribution >= 4 is 16.8 Å². The molecule has 0 spiro atoms. The van der Waals surface area contributed by atoms with E-state index in [1.807, 2.05) is 0 Å². The van der Waals surface area contributed by atoms with Gasteiger partial charge in [0, 0.05) is 0 Å². The van der Waals surface area contributed by atoms with Crippen LogP contribution in [0.25, 0.3) is 0 Å². The van der Waals surface area contributed by atoms with E-state index in [0.717, 1.165) is 0 Å². The van der Waals surface area contributed by atoms with Gasteiger partial charge in [-0.05, 0) is 20.8 Å². The summed E-state index contributed by atoms with van der Waals surface area (Å²) >= 11 is 2.06. The predicted octanol–water partition coefficient (Wildman–Crippen LogP) is 0.766. The van der Waals surface area contributed by atoms with Crippen molar-refractivity contribution < 1.29 is 26.6 Å². The topological polar surface area (TPSA) is 34.1 Å². The van der Waals surface area contributed by atoms with E-state index in [-0.39, 0.29) is 11.6 Å². The van der Waals surface area contributed by atoms with E-state index in [1.54, 1.807) is 6.92 Å². The molecule has 0 fully saturated rings. The molecule has 0 aliphatic rings. The van der Waals surface area contributed by atoms with Gasteiger partial charge in [0.1, 0.15) is 11.6 Å². The van der Waals surface area contributed by atoms with Gasteiger partial charge in [-0.25, -0.2) is 0 Å². The van der Waals surface area contributed by atoms with Crippen molar-refractivity contribution in [3.05, 3.63) is 0 Å². The zero-order valence-corrected chi connectivity index (χ0v) is 7.94. The first-order valence-electron chi connectivity index (χ1n) is 2.88. The van der Waals surface area contributed by atoms with Crippen LogP contribution in [0.15, 0.2) is 0 Å². The number of Topliss-reactive ketones (excluding diaryl/α,β-unsaturated/α-hetero) is 2.